The Morgan fingerprint density at radius 1 is 1.03 bits per heavy atom. The molecule has 10 heteroatoms. The Hall–Kier alpha value is -3.69. The molecule has 1 N–H and O–H groups in total. The molecule has 1 aromatic heterocycles. The number of hydrogen-bond acceptors (Lipinski definition) is 6. The molecule has 0 amide bonds. The van der Waals surface area contributed by atoms with Crippen molar-refractivity contribution in [2.75, 3.05) is 38.2 Å². The van der Waals surface area contributed by atoms with E-state index < -0.39 is 22.9 Å². The molecule has 2 heterocycles. The highest BCUT2D eigenvalue weighted by atomic mass is 35.5. The lowest BCUT2D eigenvalue weighted by molar-refractivity contribution is -0.152. The maximum absolute atomic E-state index is 14.2. The smallest absolute Gasteiger partial charge is 0.450 e. The van der Waals surface area contributed by atoms with Crippen molar-refractivity contribution in [3.63, 3.8) is 0 Å². The van der Waals surface area contributed by atoms with E-state index in [4.69, 9.17) is 20.8 Å². The highest BCUT2D eigenvalue weighted by Crippen LogP contribution is 2.41. The Kier molecular flexibility index (Phi) is 6.98. The van der Waals surface area contributed by atoms with Crippen molar-refractivity contribution in [3.05, 3.63) is 87.2 Å². The summed E-state index contributed by atoms with van der Waals surface area (Å²) < 4.78 is 53.4. The second kappa shape index (κ2) is 10.2. The number of anilines is 1. The normalized spacial score (nSPS) is 14.7. The standard InChI is InChI=1S/C28H24ClF3N2O4/c1-37-23-8-3-2-7-19(23)24-25(36)20-9-10-22(35)21(26(20)38-27(24)28(30,31)32)16-33-11-13-34(14-12-33)18-6-4-5-17(29)15-18/h2-10,15,35H,11-14,16H2,1H3. The molecule has 5 rings (SSSR count). The van der Waals surface area contributed by atoms with Crippen LogP contribution in [0.2, 0.25) is 5.02 Å². The SMILES string of the molecule is COc1ccccc1-c1c(C(F)(F)F)oc2c(CN3CCN(c4cccc(Cl)c4)CC3)c(O)ccc2c1=O. The molecule has 0 aliphatic carbocycles. The lowest BCUT2D eigenvalue weighted by Crippen LogP contribution is -2.46. The van der Waals surface area contributed by atoms with Gasteiger partial charge in [0.1, 0.15) is 17.1 Å². The number of benzene rings is 3. The largest absolute Gasteiger partial charge is 0.507 e. The van der Waals surface area contributed by atoms with E-state index in [0.717, 1.165) is 5.69 Å². The van der Waals surface area contributed by atoms with Gasteiger partial charge in [-0.25, -0.2) is 0 Å². The number of methoxy groups -OCH3 is 1. The molecular formula is C28H24ClF3N2O4. The van der Waals surface area contributed by atoms with Crippen LogP contribution in [0, 0.1) is 0 Å². The van der Waals surface area contributed by atoms with Crippen molar-refractivity contribution in [2.24, 2.45) is 0 Å². The average Bonchev–Trinajstić information content (AvgIpc) is 2.90. The van der Waals surface area contributed by atoms with E-state index in [-0.39, 0.29) is 40.1 Å². The lowest BCUT2D eigenvalue weighted by atomic mass is 9.99. The van der Waals surface area contributed by atoms with Crippen LogP contribution >= 0.6 is 11.6 Å². The lowest BCUT2D eigenvalue weighted by Gasteiger charge is -2.36. The van der Waals surface area contributed by atoms with Crippen molar-refractivity contribution in [1.29, 1.82) is 0 Å². The summed E-state index contributed by atoms with van der Waals surface area (Å²) in [5.74, 6) is -1.56. The molecule has 1 aliphatic rings. The Bertz CT molecular complexity index is 1550. The van der Waals surface area contributed by atoms with Gasteiger partial charge < -0.3 is 19.2 Å². The molecule has 1 aliphatic heterocycles. The summed E-state index contributed by atoms with van der Waals surface area (Å²) in [7, 11) is 1.32. The van der Waals surface area contributed by atoms with Gasteiger partial charge in [-0.1, -0.05) is 35.9 Å². The van der Waals surface area contributed by atoms with Crippen LogP contribution in [0.25, 0.3) is 22.1 Å². The molecule has 0 bridgehead atoms. The number of nitrogens with zero attached hydrogens (tertiary/aromatic N) is 2. The Labute approximate surface area is 221 Å². The first-order valence-corrected chi connectivity index (χ1v) is 12.3. The number of aromatic hydroxyl groups is 1. The molecule has 0 saturated carbocycles. The number of piperazine rings is 1. The fraction of sp³-hybridized carbons (Fsp3) is 0.250. The fourth-order valence-corrected chi connectivity index (χ4v) is 5.00. The monoisotopic (exact) mass is 544 g/mol. The third-order valence-corrected chi connectivity index (χ3v) is 6.93. The van der Waals surface area contributed by atoms with Gasteiger partial charge in [-0.2, -0.15) is 13.2 Å². The first-order valence-electron chi connectivity index (χ1n) is 11.9. The third kappa shape index (κ3) is 4.91. The average molecular weight is 545 g/mol. The predicted octanol–water partition coefficient (Wildman–Crippen LogP) is 6.17. The highest BCUT2D eigenvalue weighted by molar-refractivity contribution is 6.30. The van der Waals surface area contributed by atoms with E-state index in [1.165, 1.54) is 37.4 Å². The summed E-state index contributed by atoms with van der Waals surface area (Å²) in [6.45, 7) is 2.58. The molecule has 38 heavy (non-hydrogen) atoms. The quantitative estimate of drug-likeness (QED) is 0.324. The molecule has 0 spiro atoms. The number of fused-ring (bicyclic) bond motifs is 1. The van der Waals surface area contributed by atoms with E-state index in [1.807, 2.05) is 23.1 Å². The Morgan fingerprint density at radius 3 is 2.45 bits per heavy atom. The van der Waals surface area contributed by atoms with Gasteiger partial charge in [0.2, 0.25) is 11.2 Å². The van der Waals surface area contributed by atoms with E-state index in [9.17, 15) is 23.1 Å². The number of phenols is 1. The third-order valence-electron chi connectivity index (χ3n) is 6.70. The number of para-hydroxylation sites is 1. The molecule has 6 nitrogen and oxygen atoms in total. The molecule has 0 atom stereocenters. The van der Waals surface area contributed by atoms with Crippen LogP contribution < -0.4 is 15.1 Å². The van der Waals surface area contributed by atoms with E-state index >= 15 is 0 Å². The molecule has 3 aromatic carbocycles. The van der Waals surface area contributed by atoms with Crippen LogP contribution in [-0.4, -0.2) is 43.3 Å². The minimum absolute atomic E-state index is 0.0234. The maximum atomic E-state index is 14.2. The topological polar surface area (TPSA) is 66.2 Å². The van der Waals surface area contributed by atoms with E-state index in [2.05, 4.69) is 4.90 Å². The number of phenolic OH excluding ortho intramolecular Hbond substituents is 1. The molecule has 0 unspecified atom stereocenters. The first-order chi connectivity index (χ1) is 18.2. The van der Waals surface area contributed by atoms with Crippen LogP contribution in [0.3, 0.4) is 0 Å². The molecular weight excluding hydrogens is 521 g/mol. The first kappa shape index (κ1) is 25.9. The van der Waals surface area contributed by atoms with E-state index in [0.29, 0.717) is 31.2 Å². The molecule has 4 aromatic rings. The number of hydrogen-bond donors (Lipinski definition) is 1. The minimum Gasteiger partial charge on any atom is -0.507 e. The van der Waals surface area contributed by atoms with Crippen LogP contribution in [0.1, 0.15) is 11.3 Å². The van der Waals surface area contributed by atoms with Crippen LogP contribution in [0.15, 0.2) is 69.9 Å². The van der Waals surface area contributed by atoms with Crippen molar-refractivity contribution < 1.29 is 27.4 Å². The van der Waals surface area contributed by atoms with E-state index in [1.54, 1.807) is 12.1 Å². The summed E-state index contributed by atoms with van der Waals surface area (Å²) in [6.07, 6.45) is -4.96. The second-order valence-corrected chi connectivity index (χ2v) is 9.45. The van der Waals surface area contributed by atoms with Crippen molar-refractivity contribution in [1.82, 2.24) is 4.90 Å². The fourth-order valence-electron chi connectivity index (χ4n) is 4.81. The molecule has 0 radical (unpaired) electrons. The molecule has 198 valence electrons. The molecule has 1 saturated heterocycles. The summed E-state index contributed by atoms with van der Waals surface area (Å²) >= 11 is 6.11. The zero-order valence-electron chi connectivity index (χ0n) is 20.4. The number of halogens is 4. The zero-order chi connectivity index (χ0) is 27.0. The minimum atomic E-state index is -4.96. The maximum Gasteiger partial charge on any atom is 0.450 e. The summed E-state index contributed by atoms with van der Waals surface area (Å²) in [4.78, 5) is 17.7. The van der Waals surface area contributed by atoms with Gasteiger partial charge in [0, 0.05) is 49.0 Å². The van der Waals surface area contributed by atoms with Crippen LogP contribution in [0.4, 0.5) is 18.9 Å². The van der Waals surface area contributed by atoms with Gasteiger partial charge in [-0.05, 0) is 36.4 Å². The number of alkyl halides is 3. The van der Waals surface area contributed by atoms with Gasteiger partial charge in [0.15, 0.2) is 0 Å². The van der Waals surface area contributed by atoms with Crippen molar-refractivity contribution in [2.45, 2.75) is 12.7 Å². The predicted molar refractivity (Wildman–Crippen MR) is 140 cm³/mol. The summed E-state index contributed by atoms with van der Waals surface area (Å²) in [5.41, 5.74) is -0.671. The summed E-state index contributed by atoms with van der Waals surface area (Å²) in [6, 6.07) is 16.1. The van der Waals surface area contributed by atoms with Gasteiger partial charge in [-0.3, -0.25) is 9.69 Å². The molecule has 1 fully saturated rings. The van der Waals surface area contributed by atoms with Gasteiger partial charge in [-0.15, -0.1) is 0 Å². The second-order valence-electron chi connectivity index (χ2n) is 9.02. The van der Waals surface area contributed by atoms with Crippen molar-refractivity contribution in [3.8, 4) is 22.6 Å². The van der Waals surface area contributed by atoms with Crippen molar-refractivity contribution >= 4 is 28.3 Å². The number of rotatable bonds is 5. The van der Waals surface area contributed by atoms with Gasteiger partial charge in [0.25, 0.3) is 0 Å². The van der Waals surface area contributed by atoms with Gasteiger partial charge >= 0.3 is 6.18 Å². The Balaban J connectivity index is 1.54. The Morgan fingerprint density at radius 2 is 1.76 bits per heavy atom. The number of ether oxygens (including phenoxy) is 1. The van der Waals surface area contributed by atoms with Crippen LogP contribution in [0.5, 0.6) is 11.5 Å². The summed E-state index contributed by atoms with van der Waals surface area (Å²) in [5, 5.41) is 11.2. The van der Waals surface area contributed by atoms with Crippen LogP contribution in [-0.2, 0) is 12.7 Å². The van der Waals surface area contributed by atoms with Gasteiger partial charge in [0.05, 0.1) is 23.6 Å². The zero-order valence-corrected chi connectivity index (χ0v) is 21.1. The highest BCUT2D eigenvalue weighted by Gasteiger charge is 2.40.